The highest BCUT2D eigenvalue weighted by Gasteiger charge is 1.79. The first kappa shape index (κ1) is 6.74. The summed E-state index contributed by atoms with van der Waals surface area (Å²) < 4.78 is 0. The normalized spacial score (nSPS) is 9.12. The predicted octanol–water partition coefficient (Wildman–Crippen LogP) is 0.0968. The molecular formula is C3H6N4O. The molecule has 0 atom stereocenters. The van der Waals surface area contributed by atoms with Crippen LogP contribution in [0, 0.1) is 5.53 Å². The standard InChI is InChI=1S/C3H6N4O/c1-3(8)7-6-2-5-4/h2,4H,1H3,(H,7,8). The Morgan fingerprint density at radius 2 is 2.50 bits per heavy atom. The number of nitrogens with one attached hydrogen (secondary N) is 2. The van der Waals surface area contributed by atoms with Crippen molar-refractivity contribution >= 4 is 12.2 Å². The lowest BCUT2D eigenvalue weighted by Crippen LogP contribution is -2.11. The molecule has 0 aromatic carbocycles. The number of hydrogen-bond acceptors (Lipinski definition) is 3. The van der Waals surface area contributed by atoms with Gasteiger partial charge in [-0.05, 0) is 0 Å². The summed E-state index contributed by atoms with van der Waals surface area (Å²) in [4.78, 5) is 9.99. The fourth-order valence-corrected chi connectivity index (χ4v) is 0.149. The lowest BCUT2D eigenvalue weighted by Gasteiger charge is -1.84. The molecule has 0 saturated heterocycles. The van der Waals surface area contributed by atoms with Gasteiger partial charge >= 0.3 is 0 Å². The third-order valence-electron chi connectivity index (χ3n) is 0.337. The number of hydrogen-bond donors (Lipinski definition) is 2. The summed E-state index contributed by atoms with van der Waals surface area (Å²) in [6.07, 6.45) is 0.932. The lowest BCUT2D eigenvalue weighted by molar-refractivity contribution is -0.118. The molecule has 0 aliphatic heterocycles. The van der Waals surface area contributed by atoms with E-state index in [-0.39, 0.29) is 5.91 Å². The van der Waals surface area contributed by atoms with Crippen molar-refractivity contribution in [2.24, 2.45) is 10.2 Å². The summed E-state index contributed by atoms with van der Waals surface area (Å²) in [5, 5.41) is 5.96. The van der Waals surface area contributed by atoms with Gasteiger partial charge in [0.1, 0.15) is 0 Å². The predicted molar refractivity (Wildman–Crippen MR) is 27.5 cm³/mol. The van der Waals surface area contributed by atoms with E-state index in [0.29, 0.717) is 0 Å². The number of hydrazone groups is 1. The molecule has 0 spiro atoms. The van der Waals surface area contributed by atoms with Gasteiger partial charge < -0.3 is 0 Å². The molecule has 0 aromatic heterocycles. The fourth-order valence-electron chi connectivity index (χ4n) is 0.149. The van der Waals surface area contributed by atoms with Gasteiger partial charge in [-0.25, -0.2) is 11.0 Å². The van der Waals surface area contributed by atoms with Crippen molar-refractivity contribution in [1.82, 2.24) is 5.43 Å². The van der Waals surface area contributed by atoms with Crippen molar-refractivity contribution in [2.75, 3.05) is 0 Å². The summed E-state index contributed by atoms with van der Waals surface area (Å²) >= 11 is 0. The van der Waals surface area contributed by atoms with Gasteiger partial charge in [0.15, 0.2) is 6.34 Å². The minimum absolute atomic E-state index is 0.273. The molecule has 0 heterocycles. The van der Waals surface area contributed by atoms with Gasteiger partial charge in [0, 0.05) is 6.92 Å². The molecule has 2 N–H and O–H groups in total. The average molecular weight is 114 g/mol. The van der Waals surface area contributed by atoms with Crippen LogP contribution >= 0.6 is 0 Å². The zero-order chi connectivity index (χ0) is 6.41. The maximum atomic E-state index is 9.99. The van der Waals surface area contributed by atoms with Crippen molar-refractivity contribution in [2.45, 2.75) is 6.92 Å². The van der Waals surface area contributed by atoms with Crippen LogP contribution in [0.4, 0.5) is 0 Å². The molecule has 5 nitrogen and oxygen atoms in total. The van der Waals surface area contributed by atoms with Gasteiger partial charge in [-0.3, -0.25) is 4.79 Å². The second-order valence-electron chi connectivity index (χ2n) is 1.04. The zero-order valence-electron chi connectivity index (χ0n) is 4.38. The summed E-state index contributed by atoms with van der Waals surface area (Å²) in [7, 11) is 0. The Morgan fingerprint density at radius 3 is 2.88 bits per heavy atom. The molecule has 0 unspecified atom stereocenters. The molecule has 0 rings (SSSR count). The second kappa shape index (κ2) is 3.91. The van der Waals surface area contributed by atoms with Crippen LogP contribution in [0.5, 0.6) is 0 Å². The third kappa shape index (κ3) is 4.74. The van der Waals surface area contributed by atoms with Crippen LogP contribution in [0.15, 0.2) is 10.2 Å². The Balaban J connectivity index is 3.29. The second-order valence-corrected chi connectivity index (χ2v) is 1.04. The Morgan fingerprint density at radius 1 is 1.88 bits per heavy atom. The SMILES string of the molecule is CC(=O)NN=CN=N. The average Bonchev–Trinajstić information content (AvgIpc) is 1.66. The molecule has 44 valence electrons. The minimum atomic E-state index is -0.273. The molecule has 0 aliphatic carbocycles. The van der Waals surface area contributed by atoms with Crippen LogP contribution < -0.4 is 5.43 Å². The molecule has 0 aromatic rings. The number of rotatable bonds is 2. The largest absolute Gasteiger partial charge is 0.274 e. The van der Waals surface area contributed by atoms with E-state index in [1.165, 1.54) is 6.92 Å². The molecule has 1 amide bonds. The van der Waals surface area contributed by atoms with Gasteiger partial charge in [-0.15, -0.1) is 5.11 Å². The Labute approximate surface area is 46.3 Å². The van der Waals surface area contributed by atoms with E-state index in [1.807, 2.05) is 0 Å². The van der Waals surface area contributed by atoms with E-state index < -0.39 is 0 Å². The number of amides is 1. The van der Waals surface area contributed by atoms with Crippen LogP contribution in [0.2, 0.25) is 0 Å². The smallest absolute Gasteiger partial charge is 0.236 e. The maximum absolute atomic E-state index is 9.99. The summed E-state index contributed by atoms with van der Waals surface area (Å²) in [6, 6.07) is 0. The monoisotopic (exact) mass is 114 g/mol. The molecule has 0 radical (unpaired) electrons. The van der Waals surface area contributed by atoms with Crippen LogP contribution in [-0.4, -0.2) is 12.2 Å². The zero-order valence-corrected chi connectivity index (χ0v) is 4.38. The van der Waals surface area contributed by atoms with Gasteiger partial charge in [-0.2, -0.15) is 5.10 Å². The van der Waals surface area contributed by atoms with E-state index >= 15 is 0 Å². The number of carbonyl (C=O) groups excluding carboxylic acids is 1. The van der Waals surface area contributed by atoms with Crippen LogP contribution in [0.1, 0.15) is 6.92 Å². The van der Waals surface area contributed by atoms with Crippen LogP contribution in [-0.2, 0) is 4.79 Å². The highest BCUT2D eigenvalue weighted by Crippen LogP contribution is 1.59. The molecule has 0 aliphatic rings. The van der Waals surface area contributed by atoms with Crippen molar-refractivity contribution in [1.29, 1.82) is 5.53 Å². The fraction of sp³-hybridized carbons (Fsp3) is 0.333. The molecular weight excluding hydrogens is 108 g/mol. The van der Waals surface area contributed by atoms with Gasteiger partial charge in [-0.1, -0.05) is 0 Å². The highest BCUT2D eigenvalue weighted by molar-refractivity contribution is 5.73. The van der Waals surface area contributed by atoms with Crippen molar-refractivity contribution in [3.8, 4) is 0 Å². The number of carbonyl (C=O) groups is 1. The van der Waals surface area contributed by atoms with Crippen molar-refractivity contribution in [3.63, 3.8) is 0 Å². The van der Waals surface area contributed by atoms with Crippen molar-refractivity contribution in [3.05, 3.63) is 0 Å². The Bertz CT molecular complexity index is 118. The first-order valence-electron chi connectivity index (χ1n) is 1.92. The lowest BCUT2D eigenvalue weighted by atomic mass is 10.8. The van der Waals surface area contributed by atoms with E-state index in [2.05, 4.69) is 15.6 Å². The topological polar surface area (TPSA) is 77.7 Å². The third-order valence-corrected chi connectivity index (χ3v) is 0.337. The molecule has 0 saturated carbocycles. The summed E-state index contributed by atoms with van der Waals surface area (Å²) in [5.41, 5.74) is 8.23. The first-order chi connectivity index (χ1) is 3.77. The van der Waals surface area contributed by atoms with Gasteiger partial charge in [0.25, 0.3) is 0 Å². The summed E-state index contributed by atoms with van der Waals surface area (Å²) in [5.74, 6) is -0.273. The van der Waals surface area contributed by atoms with E-state index in [1.54, 1.807) is 0 Å². The highest BCUT2D eigenvalue weighted by atomic mass is 16.2. The molecule has 8 heavy (non-hydrogen) atoms. The van der Waals surface area contributed by atoms with Crippen LogP contribution in [0.3, 0.4) is 0 Å². The molecule has 0 fully saturated rings. The van der Waals surface area contributed by atoms with Crippen molar-refractivity contribution < 1.29 is 4.79 Å². The number of nitrogens with zero attached hydrogens (tertiary/aromatic N) is 2. The van der Waals surface area contributed by atoms with Gasteiger partial charge in [0.05, 0.1) is 0 Å². The quantitative estimate of drug-likeness (QED) is 0.227. The maximum Gasteiger partial charge on any atom is 0.236 e. The summed E-state index contributed by atoms with van der Waals surface area (Å²) in [6.45, 7) is 1.32. The van der Waals surface area contributed by atoms with Gasteiger partial charge in [0.2, 0.25) is 5.91 Å². The minimum Gasteiger partial charge on any atom is -0.274 e. The Kier molecular flexibility index (Phi) is 3.30. The first-order valence-corrected chi connectivity index (χ1v) is 1.92. The molecule has 5 heteroatoms. The van der Waals surface area contributed by atoms with Crippen LogP contribution in [0.25, 0.3) is 0 Å². The molecule has 0 bridgehead atoms. The Hall–Kier alpha value is -1.26. The van der Waals surface area contributed by atoms with E-state index in [9.17, 15) is 4.79 Å². The van der Waals surface area contributed by atoms with E-state index in [4.69, 9.17) is 5.53 Å². The van der Waals surface area contributed by atoms with E-state index in [0.717, 1.165) is 6.34 Å².